The van der Waals surface area contributed by atoms with E-state index in [1.165, 1.54) is 12.8 Å². The fourth-order valence-corrected chi connectivity index (χ4v) is 4.38. The number of carbonyl (C=O) groups is 1. The third-order valence-electron chi connectivity index (χ3n) is 6.25. The van der Waals surface area contributed by atoms with Crippen LogP contribution in [0.2, 0.25) is 0 Å². The van der Waals surface area contributed by atoms with Gasteiger partial charge in [-0.1, -0.05) is 36.2 Å². The van der Waals surface area contributed by atoms with Gasteiger partial charge in [-0.2, -0.15) is 10.1 Å². The molecule has 1 N–H and O–H groups in total. The minimum absolute atomic E-state index is 0.148. The monoisotopic (exact) mass is 405 g/mol. The Morgan fingerprint density at radius 1 is 1.17 bits per heavy atom. The molecule has 2 saturated carbocycles. The summed E-state index contributed by atoms with van der Waals surface area (Å²) in [6.45, 7) is 3.94. The van der Waals surface area contributed by atoms with Crippen molar-refractivity contribution in [2.75, 3.05) is 0 Å². The summed E-state index contributed by atoms with van der Waals surface area (Å²) in [7, 11) is 0. The van der Waals surface area contributed by atoms with Crippen LogP contribution in [0.15, 0.2) is 35.0 Å². The molecular formula is C23H27N5O2. The number of aromatic nitrogens is 4. The Balaban J connectivity index is 1.37. The van der Waals surface area contributed by atoms with Crippen LogP contribution in [-0.2, 0) is 0 Å². The lowest BCUT2D eigenvalue weighted by Gasteiger charge is -2.13. The van der Waals surface area contributed by atoms with E-state index < -0.39 is 0 Å². The van der Waals surface area contributed by atoms with Gasteiger partial charge in [-0.3, -0.25) is 4.79 Å². The first-order chi connectivity index (χ1) is 14.6. The molecule has 156 valence electrons. The SMILES string of the molecule is Cc1ccccc1-n1ncc(C(=O)N[C@H](C)c2nc(C3CCCC3)no2)c1C1CC1. The molecule has 2 aromatic heterocycles. The minimum Gasteiger partial charge on any atom is -0.340 e. The lowest BCUT2D eigenvalue weighted by atomic mass is 10.1. The molecule has 0 spiro atoms. The molecular weight excluding hydrogens is 378 g/mol. The molecule has 2 aliphatic rings. The predicted octanol–water partition coefficient (Wildman–Crippen LogP) is 4.59. The second kappa shape index (κ2) is 7.70. The van der Waals surface area contributed by atoms with Crippen LogP contribution in [0.3, 0.4) is 0 Å². The normalized spacial score (nSPS) is 17.9. The van der Waals surface area contributed by atoms with Crippen LogP contribution in [0.5, 0.6) is 0 Å². The first-order valence-corrected chi connectivity index (χ1v) is 10.9. The lowest BCUT2D eigenvalue weighted by molar-refractivity contribution is 0.0931. The quantitative estimate of drug-likeness (QED) is 0.648. The van der Waals surface area contributed by atoms with Gasteiger partial charge in [0.2, 0.25) is 5.89 Å². The van der Waals surface area contributed by atoms with Crippen molar-refractivity contribution in [3.63, 3.8) is 0 Å². The van der Waals surface area contributed by atoms with Crippen LogP contribution in [-0.4, -0.2) is 25.8 Å². The average Bonchev–Trinajstić information content (AvgIpc) is 3.18. The maximum atomic E-state index is 13.1. The molecule has 7 nitrogen and oxygen atoms in total. The molecule has 2 aliphatic carbocycles. The average molecular weight is 406 g/mol. The smallest absolute Gasteiger partial charge is 0.255 e. The zero-order valence-corrected chi connectivity index (χ0v) is 17.5. The highest BCUT2D eigenvalue weighted by Gasteiger charge is 2.34. The largest absolute Gasteiger partial charge is 0.340 e. The van der Waals surface area contributed by atoms with Gasteiger partial charge in [-0.25, -0.2) is 4.68 Å². The summed E-state index contributed by atoms with van der Waals surface area (Å²) in [6, 6.07) is 7.77. The van der Waals surface area contributed by atoms with Crippen molar-refractivity contribution in [2.24, 2.45) is 0 Å². The summed E-state index contributed by atoms with van der Waals surface area (Å²) in [5.41, 5.74) is 3.77. The van der Waals surface area contributed by atoms with Crippen LogP contribution in [0.4, 0.5) is 0 Å². The second-order valence-electron chi connectivity index (χ2n) is 8.58. The van der Waals surface area contributed by atoms with Gasteiger partial charge in [0.25, 0.3) is 5.91 Å². The Morgan fingerprint density at radius 2 is 1.93 bits per heavy atom. The van der Waals surface area contributed by atoms with Crippen molar-refractivity contribution in [3.8, 4) is 5.69 Å². The van der Waals surface area contributed by atoms with E-state index in [2.05, 4.69) is 33.5 Å². The summed E-state index contributed by atoms with van der Waals surface area (Å²) in [5.74, 6) is 1.85. The maximum Gasteiger partial charge on any atom is 0.255 e. The molecule has 0 bridgehead atoms. The topological polar surface area (TPSA) is 85.8 Å². The van der Waals surface area contributed by atoms with Gasteiger partial charge in [0.15, 0.2) is 5.82 Å². The zero-order valence-electron chi connectivity index (χ0n) is 17.5. The van der Waals surface area contributed by atoms with Crippen molar-refractivity contribution in [1.29, 1.82) is 0 Å². The third kappa shape index (κ3) is 3.53. The number of para-hydroxylation sites is 1. The van der Waals surface area contributed by atoms with E-state index in [-0.39, 0.29) is 11.9 Å². The summed E-state index contributed by atoms with van der Waals surface area (Å²) in [6.07, 6.45) is 8.51. The fourth-order valence-electron chi connectivity index (χ4n) is 4.38. The maximum absolute atomic E-state index is 13.1. The Bertz CT molecular complexity index is 1060. The molecule has 5 rings (SSSR count). The summed E-state index contributed by atoms with van der Waals surface area (Å²) >= 11 is 0. The minimum atomic E-state index is -0.353. The Hall–Kier alpha value is -2.96. The highest BCUT2D eigenvalue weighted by atomic mass is 16.5. The molecule has 3 aromatic rings. The molecule has 7 heteroatoms. The number of rotatable bonds is 6. The van der Waals surface area contributed by atoms with Crippen LogP contribution in [0.25, 0.3) is 5.69 Å². The number of carbonyl (C=O) groups excluding carboxylic acids is 1. The van der Waals surface area contributed by atoms with E-state index in [9.17, 15) is 4.79 Å². The van der Waals surface area contributed by atoms with Gasteiger partial charge in [0, 0.05) is 11.8 Å². The molecule has 1 aromatic carbocycles. The van der Waals surface area contributed by atoms with E-state index >= 15 is 0 Å². The highest BCUT2D eigenvalue weighted by Crippen LogP contribution is 2.42. The lowest BCUT2D eigenvalue weighted by Crippen LogP contribution is -2.27. The van der Waals surface area contributed by atoms with E-state index in [0.29, 0.717) is 23.3 Å². The number of nitrogens with zero attached hydrogens (tertiary/aromatic N) is 4. The standard InChI is InChI=1S/C23H27N5O2/c1-14-7-3-6-10-19(14)28-20(16-11-12-16)18(13-24-28)22(29)25-15(2)23-26-21(27-30-23)17-8-4-5-9-17/h3,6-7,10,13,15-17H,4-5,8-9,11-12H2,1-2H3,(H,25,29)/t15-/m1/s1. The van der Waals surface area contributed by atoms with Crippen LogP contribution < -0.4 is 5.32 Å². The van der Waals surface area contributed by atoms with Crippen molar-refractivity contribution < 1.29 is 9.32 Å². The predicted molar refractivity (Wildman–Crippen MR) is 112 cm³/mol. The molecule has 2 heterocycles. The van der Waals surface area contributed by atoms with Crippen LogP contribution >= 0.6 is 0 Å². The number of aryl methyl sites for hydroxylation is 1. The number of benzene rings is 1. The molecule has 1 atom stereocenters. The summed E-state index contributed by atoms with van der Waals surface area (Å²) in [4.78, 5) is 17.7. The number of nitrogens with one attached hydrogen (secondary N) is 1. The van der Waals surface area contributed by atoms with E-state index in [0.717, 1.165) is 48.5 Å². The number of amides is 1. The summed E-state index contributed by atoms with van der Waals surface area (Å²) < 4.78 is 7.39. The molecule has 1 amide bonds. The molecule has 30 heavy (non-hydrogen) atoms. The molecule has 0 saturated heterocycles. The Kier molecular flexibility index (Phi) is 4.89. The van der Waals surface area contributed by atoms with Crippen LogP contribution in [0, 0.1) is 6.92 Å². The molecule has 0 unspecified atom stereocenters. The highest BCUT2D eigenvalue weighted by molar-refractivity contribution is 5.95. The fraction of sp³-hybridized carbons (Fsp3) is 0.478. The van der Waals surface area contributed by atoms with Crippen molar-refractivity contribution in [2.45, 2.75) is 70.3 Å². The second-order valence-corrected chi connectivity index (χ2v) is 8.58. The summed E-state index contributed by atoms with van der Waals surface area (Å²) in [5, 5.41) is 11.8. The van der Waals surface area contributed by atoms with Gasteiger partial charge in [0.05, 0.1) is 23.1 Å². The first kappa shape index (κ1) is 19.0. The Labute approximate surface area is 175 Å². The van der Waals surface area contributed by atoms with Gasteiger partial charge < -0.3 is 9.84 Å². The van der Waals surface area contributed by atoms with Crippen molar-refractivity contribution in [1.82, 2.24) is 25.2 Å². The van der Waals surface area contributed by atoms with E-state index in [1.807, 2.05) is 29.8 Å². The first-order valence-electron chi connectivity index (χ1n) is 10.9. The van der Waals surface area contributed by atoms with E-state index in [1.54, 1.807) is 6.20 Å². The van der Waals surface area contributed by atoms with Crippen LogP contribution in [0.1, 0.15) is 96.7 Å². The van der Waals surface area contributed by atoms with Gasteiger partial charge in [-0.05, 0) is 51.2 Å². The van der Waals surface area contributed by atoms with Gasteiger partial charge in [-0.15, -0.1) is 0 Å². The number of hydrogen-bond donors (Lipinski definition) is 1. The zero-order chi connectivity index (χ0) is 20.7. The Morgan fingerprint density at radius 3 is 2.67 bits per heavy atom. The van der Waals surface area contributed by atoms with Gasteiger partial charge >= 0.3 is 0 Å². The number of hydrogen-bond acceptors (Lipinski definition) is 5. The van der Waals surface area contributed by atoms with E-state index in [4.69, 9.17) is 4.52 Å². The van der Waals surface area contributed by atoms with Crippen molar-refractivity contribution in [3.05, 3.63) is 59.0 Å². The molecule has 0 radical (unpaired) electrons. The van der Waals surface area contributed by atoms with Crippen molar-refractivity contribution >= 4 is 5.91 Å². The molecule has 0 aliphatic heterocycles. The van der Waals surface area contributed by atoms with Gasteiger partial charge in [0.1, 0.15) is 6.04 Å². The molecule has 2 fully saturated rings. The third-order valence-corrected chi connectivity index (χ3v) is 6.25.